The first kappa shape index (κ1) is 18.3. The summed E-state index contributed by atoms with van der Waals surface area (Å²) in [6, 6.07) is 17.5. The Morgan fingerprint density at radius 3 is 2.17 bits per heavy atom. The van der Waals surface area contributed by atoms with Gasteiger partial charge in [0.05, 0.1) is 6.61 Å². The molecule has 7 nitrogen and oxygen atoms in total. The standard InChI is InChI=1S/C16H19N2O5P/c17-24(20,21)23-16(19)15(11-13-7-3-1-4-8-13)18-22-12-14-9-5-2-6-10-14/h1-10,15,18H,11-12H2,(H3,17,20,21)/t15-/m1/s1. The van der Waals surface area contributed by atoms with Crippen LogP contribution in [0.4, 0.5) is 0 Å². The molecular weight excluding hydrogens is 331 g/mol. The lowest BCUT2D eigenvalue weighted by atomic mass is 10.1. The zero-order valence-corrected chi connectivity index (χ0v) is 13.8. The molecular formula is C16H19N2O5P. The maximum absolute atomic E-state index is 12.0. The summed E-state index contributed by atoms with van der Waals surface area (Å²) in [6.45, 7) is 0.221. The van der Waals surface area contributed by atoms with Crippen molar-refractivity contribution in [1.29, 1.82) is 0 Å². The number of carbonyl (C=O) groups is 1. The number of hydrogen-bond acceptors (Lipinski definition) is 5. The summed E-state index contributed by atoms with van der Waals surface area (Å²) in [5.41, 5.74) is 9.20. The summed E-state index contributed by atoms with van der Waals surface area (Å²) in [5, 5.41) is 0. The van der Waals surface area contributed by atoms with E-state index < -0.39 is 19.8 Å². The van der Waals surface area contributed by atoms with Gasteiger partial charge >= 0.3 is 13.7 Å². The van der Waals surface area contributed by atoms with Crippen LogP contribution in [0.5, 0.6) is 0 Å². The predicted octanol–water partition coefficient (Wildman–Crippen LogP) is 1.92. The molecule has 0 saturated heterocycles. The molecule has 128 valence electrons. The molecule has 0 aromatic heterocycles. The number of benzene rings is 2. The Bertz CT molecular complexity index is 690. The van der Waals surface area contributed by atoms with Gasteiger partial charge in [-0.15, -0.1) is 0 Å². The number of hydroxylamine groups is 1. The van der Waals surface area contributed by atoms with Gasteiger partial charge in [-0.05, 0) is 11.1 Å². The van der Waals surface area contributed by atoms with Gasteiger partial charge in [-0.3, -0.25) is 4.84 Å². The largest absolute Gasteiger partial charge is 0.455 e. The zero-order valence-electron chi connectivity index (χ0n) is 12.9. The molecule has 0 fully saturated rings. The topological polar surface area (TPSA) is 111 Å². The molecule has 4 N–H and O–H groups in total. The predicted molar refractivity (Wildman–Crippen MR) is 88.4 cm³/mol. The van der Waals surface area contributed by atoms with Crippen LogP contribution in [0.2, 0.25) is 0 Å². The fourth-order valence-corrected chi connectivity index (χ4v) is 2.40. The van der Waals surface area contributed by atoms with Crippen LogP contribution in [0, 0.1) is 0 Å². The molecule has 2 aromatic carbocycles. The van der Waals surface area contributed by atoms with Crippen LogP contribution in [0.1, 0.15) is 11.1 Å². The molecule has 0 saturated carbocycles. The van der Waals surface area contributed by atoms with Gasteiger partial charge in [0.1, 0.15) is 6.04 Å². The Balaban J connectivity index is 1.99. The Kier molecular flexibility index (Phi) is 6.66. The van der Waals surface area contributed by atoms with Crippen molar-refractivity contribution < 1.29 is 23.6 Å². The van der Waals surface area contributed by atoms with Crippen molar-refractivity contribution in [3.63, 3.8) is 0 Å². The van der Waals surface area contributed by atoms with E-state index in [-0.39, 0.29) is 13.0 Å². The van der Waals surface area contributed by atoms with Gasteiger partial charge in [0, 0.05) is 6.42 Å². The van der Waals surface area contributed by atoms with Gasteiger partial charge in [0.2, 0.25) is 0 Å². The lowest BCUT2D eigenvalue weighted by Gasteiger charge is -2.18. The van der Waals surface area contributed by atoms with E-state index >= 15 is 0 Å². The first-order valence-electron chi connectivity index (χ1n) is 7.24. The molecule has 0 aliphatic carbocycles. The van der Waals surface area contributed by atoms with Crippen LogP contribution in [0.25, 0.3) is 0 Å². The summed E-state index contributed by atoms with van der Waals surface area (Å²) < 4.78 is 15.5. The molecule has 0 amide bonds. The second kappa shape index (κ2) is 8.73. The number of nitrogens with two attached hydrogens (primary N) is 1. The quantitative estimate of drug-likeness (QED) is 0.493. The van der Waals surface area contributed by atoms with Crippen LogP contribution in [-0.2, 0) is 31.7 Å². The summed E-state index contributed by atoms with van der Waals surface area (Å²) in [6.07, 6.45) is 0.217. The average Bonchev–Trinajstić information content (AvgIpc) is 2.54. The molecule has 2 rings (SSSR count). The van der Waals surface area contributed by atoms with Gasteiger partial charge < -0.3 is 9.42 Å². The Morgan fingerprint density at radius 2 is 1.62 bits per heavy atom. The van der Waals surface area contributed by atoms with Gasteiger partial charge in [-0.1, -0.05) is 60.7 Å². The molecule has 0 aliphatic rings. The van der Waals surface area contributed by atoms with Gasteiger partial charge in [-0.25, -0.2) is 14.9 Å². The molecule has 0 heterocycles. The van der Waals surface area contributed by atoms with Crippen LogP contribution >= 0.6 is 7.75 Å². The highest BCUT2D eigenvalue weighted by Crippen LogP contribution is 2.31. The lowest BCUT2D eigenvalue weighted by molar-refractivity contribution is -0.142. The Labute approximate surface area is 139 Å². The molecule has 0 aliphatic heterocycles. The van der Waals surface area contributed by atoms with E-state index in [1.165, 1.54) is 0 Å². The van der Waals surface area contributed by atoms with Gasteiger partial charge in [0.15, 0.2) is 0 Å². The molecule has 0 bridgehead atoms. The monoisotopic (exact) mass is 350 g/mol. The highest BCUT2D eigenvalue weighted by molar-refractivity contribution is 7.50. The van der Waals surface area contributed by atoms with Crippen molar-refractivity contribution in [1.82, 2.24) is 5.48 Å². The van der Waals surface area contributed by atoms with Crippen molar-refractivity contribution in [2.45, 2.75) is 19.1 Å². The summed E-state index contributed by atoms with van der Waals surface area (Å²) >= 11 is 0. The van der Waals surface area contributed by atoms with Crippen LogP contribution < -0.4 is 11.0 Å². The van der Waals surface area contributed by atoms with Crippen LogP contribution in [0.3, 0.4) is 0 Å². The Hall–Kier alpha value is -2.02. The van der Waals surface area contributed by atoms with Crippen molar-refractivity contribution in [3.05, 3.63) is 71.8 Å². The second-order valence-corrected chi connectivity index (χ2v) is 6.42. The third-order valence-electron chi connectivity index (χ3n) is 3.10. The first-order valence-corrected chi connectivity index (χ1v) is 8.89. The van der Waals surface area contributed by atoms with E-state index in [1.807, 2.05) is 60.7 Å². The highest BCUT2D eigenvalue weighted by Gasteiger charge is 2.27. The minimum atomic E-state index is -4.42. The molecule has 0 radical (unpaired) electrons. The molecule has 2 aromatic rings. The molecule has 24 heavy (non-hydrogen) atoms. The Morgan fingerprint density at radius 1 is 1.08 bits per heavy atom. The smallest absolute Gasteiger partial charge is 0.379 e. The van der Waals surface area contributed by atoms with Crippen molar-refractivity contribution >= 4 is 13.7 Å². The van der Waals surface area contributed by atoms with Crippen molar-refractivity contribution in [2.24, 2.45) is 5.50 Å². The van der Waals surface area contributed by atoms with E-state index in [0.29, 0.717) is 0 Å². The fourth-order valence-electron chi connectivity index (χ4n) is 2.02. The van der Waals surface area contributed by atoms with Gasteiger partial charge in [0.25, 0.3) is 0 Å². The summed E-state index contributed by atoms with van der Waals surface area (Å²) in [4.78, 5) is 26.4. The van der Waals surface area contributed by atoms with E-state index in [2.05, 4.69) is 10.0 Å². The maximum atomic E-state index is 12.0. The van der Waals surface area contributed by atoms with Crippen LogP contribution in [0.15, 0.2) is 60.7 Å². The number of hydrogen-bond donors (Lipinski definition) is 3. The van der Waals surface area contributed by atoms with Gasteiger partial charge in [-0.2, -0.15) is 5.48 Å². The SMILES string of the molecule is NP(=O)(O)OC(=O)[C@@H](Cc1ccccc1)NOCc1ccccc1. The highest BCUT2D eigenvalue weighted by atomic mass is 31.2. The van der Waals surface area contributed by atoms with E-state index in [0.717, 1.165) is 11.1 Å². The molecule has 0 spiro atoms. The first-order chi connectivity index (χ1) is 11.4. The summed E-state index contributed by atoms with van der Waals surface area (Å²) in [5.74, 6) is -0.958. The number of rotatable bonds is 8. The fraction of sp³-hybridized carbons (Fsp3) is 0.188. The minimum absolute atomic E-state index is 0.217. The molecule has 2 atom stereocenters. The number of nitrogens with one attached hydrogen (secondary N) is 1. The number of carbonyl (C=O) groups excluding carboxylic acids is 1. The lowest BCUT2D eigenvalue weighted by Crippen LogP contribution is -2.39. The minimum Gasteiger partial charge on any atom is -0.379 e. The maximum Gasteiger partial charge on any atom is 0.455 e. The zero-order chi connectivity index (χ0) is 17.4. The normalized spacial score (nSPS) is 14.6. The van der Waals surface area contributed by atoms with E-state index in [4.69, 9.17) is 15.2 Å². The third-order valence-corrected chi connectivity index (χ3v) is 3.54. The average molecular weight is 350 g/mol. The molecule has 1 unspecified atom stereocenters. The van der Waals surface area contributed by atoms with E-state index in [1.54, 1.807) is 0 Å². The van der Waals surface area contributed by atoms with E-state index in [9.17, 15) is 9.36 Å². The third kappa shape index (κ3) is 6.62. The summed E-state index contributed by atoms with van der Waals surface area (Å²) in [7, 11) is -4.42. The van der Waals surface area contributed by atoms with Crippen LogP contribution in [-0.4, -0.2) is 16.9 Å². The molecule has 8 heteroatoms. The second-order valence-electron chi connectivity index (χ2n) is 5.11. The van der Waals surface area contributed by atoms with Crippen molar-refractivity contribution in [2.75, 3.05) is 0 Å². The van der Waals surface area contributed by atoms with Crippen molar-refractivity contribution in [3.8, 4) is 0 Å².